The van der Waals surface area contributed by atoms with E-state index < -0.39 is 6.09 Å². The van der Waals surface area contributed by atoms with Crippen LogP contribution in [0.2, 0.25) is 0 Å². The second-order valence-electron chi connectivity index (χ2n) is 5.70. The van der Waals surface area contributed by atoms with Crippen molar-refractivity contribution in [3.8, 4) is 23.1 Å². The maximum Gasteiger partial charge on any atom is 0.411 e. The van der Waals surface area contributed by atoms with Gasteiger partial charge in [-0.2, -0.15) is 5.26 Å². The number of benzene rings is 2. The Bertz CT molecular complexity index is 1020. The predicted octanol–water partition coefficient (Wildman–Crippen LogP) is 4.29. The number of anilines is 1. The molecule has 6 heteroatoms. The fourth-order valence-electron chi connectivity index (χ4n) is 3.02. The lowest BCUT2D eigenvalue weighted by Gasteiger charge is -2.09. The van der Waals surface area contributed by atoms with Crippen molar-refractivity contribution in [2.24, 2.45) is 7.05 Å². The van der Waals surface area contributed by atoms with Crippen LogP contribution in [0.15, 0.2) is 42.5 Å². The van der Waals surface area contributed by atoms with Gasteiger partial charge in [0.15, 0.2) is 0 Å². The fraction of sp³-hybridized carbons (Fsp3) is 0.200. The normalized spacial score (nSPS) is 10.4. The third-order valence-corrected chi connectivity index (χ3v) is 4.18. The zero-order chi connectivity index (χ0) is 18.7. The minimum absolute atomic E-state index is 0.301. The van der Waals surface area contributed by atoms with Gasteiger partial charge in [0.1, 0.15) is 11.8 Å². The molecule has 0 radical (unpaired) electrons. The largest absolute Gasteiger partial charge is 0.497 e. The summed E-state index contributed by atoms with van der Waals surface area (Å²) in [6.07, 6.45) is -0.507. The Morgan fingerprint density at radius 3 is 2.77 bits per heavy atom. The molecule has 0 saturated heterocycles. The van der Waals surface area contributed by atoms with Gasteiger partial charge in [0, 0.05) is 29.8 Å². The van der Waals surface area contributed by atoms with Gasteiger partial charge >= 0.3 is 6.09 Å². The summed E-state index contributed by atoms with van der Waals surface area (Å²) in [6.45, 7) is 2.05. The number of fused-ring (bicyclic) bond motifs is 1. The van der Waals surface area contributed by atoms with Crippen LogP contribution in [-0.4, -0.2) is 24.4 Å². The molecule has 0 spiro atoms. The number of nitrogens with zero attached hydrogens (tertiary/aromatic N) is 2. The standard InChI is InChI=1S/C20H19N3O3/c1-4-26-20(24)22-14-7-5-6-13(10-14)19-17(12-21)16-9-8-15(25-3)11-18(16)23(19)2/h5-11H,4H2,1-3H3,(H,22,24). The maximum absolute atomic E-state index is 11.7. The maximum atomic E-state index is 11.7. The van der Waals surface area contributed by atoms with Crippen molar-refractivity contribution >= 4 is 22.7 Å². The monoisotopic (exact) mass is 349 g/mol. The molecule has 0 aliphatic heterocycles. The number of carbonyl (C=O) groups excluding carboxylic acids is 1. The van der Waals surface area contributed by atoms with Crippen LogP contribution in [0.1, 0.15) is 12.5 Å². The van der Waals surface area contributed by atoms with E-state index in [0.29, 0.717) is 17.9 Å². The molecule has 132 valence electrons. The first-order chi connectivity index (χ1) is 12.6. The van der Waals surface area contributed by atoms with Gasteiger partial charge in [-0.25, -0.2) is 4.79 Å². The number of aromatic nitrogens is 1. The summed E-state index contributed by atoms with van der Waals surface area (Å²) in [5, 5.41) is 13.3. The van der Waals surface area contributed by atoms with Gasteiger partial charge in [-0.1, -0.05) is 12.1 Å². The third kappa shape index (κ3) is 3.07. The summed E-state index contributed by atoms with van der Waals surface area (Å²) in [4.78, 5) is 11.7. The van der Waals surface area contributed by atoms with E-state index in [2.05, 4.69) is 11.4 Å². The molecule has 0 atom stereocenters. The molecule has 3 aromatic rings. The van der Waals surface area contributed by atoms with Crippen LogP contribution < -0.4 is 10.1 Å². The minimum atomic E-state index is -0.507. The first-order valence-corrected chi connectivity index (χ1v) is 8.19. The van der Waals surface area contributed by atoms with Crippen molar-refractivity contribution in [1.29, 1.82) is 5.26 Å². The SMILES string of the molecule is CCOC(=O)Nc1cccc(-c2c(C#N)c3ccc(OC)cc3n2C)c1. The number of amides is 1. The van der Waals surface area contributed by atoms with Crippen LogP contribution in [-0.2, 0) is 11.8 Å². The Labute approximate surface area is 151 Å². The lowest BCUT2D eigenvalue weighted by molar-refractivity contribution is 0.168. The molecule has 3 rings (SSSR count). The highest BCUT2D eigenvalue weighted by Crippen LogP contribution is 2.35. The average Bonchev–Trinajstić information content (AvgIpc) is 2.93. The van der Waals surface area contributed by atoms with E-state index in [9.17, 15) is 10.1 Å². The van der Waals surface area contributed by atoms with Crippen molar-refractivity contribution in [2.75, 3.05) is 19.0 Å². The third-order valence-electron chi connectivity index (χ3n) is 4.18. The van der Waals surface area contributed by atoms with E-state index in [0.717, 1.165) is 27.9 Å². The Hall–Kier alpha value is -3.46. The fourth-order valence-corrected chi connectivity index (χ4v) is 3.02. The summed E-state index contributed by atoms with van der Waals surface area (Å²) in [6, 6.07) is 15.3. The predicted molar refractivity (Wildman–Crippen MR) is 100 cm³/mol. The molecule has 0 bridgehead atoms. The highest BCUT2D eigenvalue weighted by atomic mass is 16.5. The molecule has 1 N–H and O–H groups in total. The lowest BCUT2D eigenvalue weighted by atomic mass is 10.1. The topological polar surface area (TPSA) is 76.3 Å². The number of methoxy groups -OCH3 is 1. The number of hydrogen-bond acceptors (Lipinski definition) is 4. The van der Waals surface area contributed by atoms with Crippen LogP contribution in [0.25, 0.3) is 22.2 Å². The van der Waals surface area contributed by atoms with Gasteiger partial charge in [-0.3, -0.25) is 5.32 Å². The number of carbonyl (C=O) groups is 1. The van der Waals surface area contributed by atoms with E-state index in [1.54, 1.807) is 20.1 Å². The molecular weight excluding hydrogens is 330 g/mol. The highest BCUT2D eigenvalue weighted by molar-refractivity contribution is 5.96. The van der Waals surface area contributed by atoms with Crippen molar-refractivity contribution in [3.63, 3.8) is 0 Å². The molecule has 0 aliphatic rings. The first-order valence-electron chi connectivity index (χ1n) is 8.19. The molecule has 0 saturated carbocycles. The van der Waals surface area contributed by atoms with Crippen molar-refractivity contribution in [1.82, 2.24) is 4.57 Å². The van der Waals surface area contributed by atoms with Crippen LogP contribution in [0, 0.1) is 11.3 Å². The van der Waals surface area contributed by atoms with Gasteiger partial charge in [0.25, 0.3) is 0 Å². The number of rotatable bonds is 4. The number of nitrogens with one attached hydrogen (secondary N) is 1. The van der Waals surface area contributed by atoms with E-state index in [4.69, 9.17) is 9.47 Å². The first kappa shape index (κ1) is 17.4. The number of aryl methyl sites for hydroxylation is 1. The zero-order valence-corrected chi connectivity index (χ0v) is 14.9. The molecular formula is C20H19N3O3. The minimum Gasteiger partial charge on any atom is -0.497 e. The van der Waals surface area contributed by atoms with Gasteiger partial charge in [0.2, 0.25) is 0 Å². The molecule has 0 fully saturated rings. The van der Waals surface area contributed by atoms with Crippen LogP contribution in [0.4, 0.5) is 10.5 Å². The Balaban J connectivity index is 2.12. The van der Waals surface area contributed by atoms with Crippen molar-refractivity contribution in [2.45, 2.75) is 6.92 Å². The van der Waals surface area contributed by atoms with Crippen LogP contribution in [0.3, 0.4) is 0 Å². The number of nitriles is 1. The Kier molecular flexibility index (Phi) is 4.81. The van der Waals surface area contributed by atoms with E-state index >= 15 is 0 Å². The number of hydrogen-bond donors (Lipinski definition) is 1. The summed E-state index contributed by atoms with van der Waals surface area (Å²) in [5.74, 6) is 0.729. The van der Waals surface area contributed by atoms with Gasteiger partial charge < -0.3 is 14.0 Å². The van der Waals surface area contributed by atoms with E-state index in [1.807, 2.05) is 48.0 Å². The van der Waals surface area contributed by atoms with E-state index in [-0.39, 0.29) is 0 Å². The second-order valence-corrected chi connectivity index (χ2v) is 5.70. The van der Waals surface area contributed by atoms with Crippen LogP contribution in [0.5, 0.6) is 5.75 Å². The molecule has 1 heterocycles. The highest BCUT2D eigenvalue weighted by Gasteiger charge is 2.17. The van der Waals surface area contributed by atoms with Gasteiger partial charge in [0.05, 0.1) is 30.5 Å². The lowest BCUT2D eigenvalue weighted by Crippen LogP contribution is -2.13. The Morgan fingerprint density at radius 1 is 1.27 bits per heavy atom. The quantitative estimate of drug-likeness (QED) is 0.762. The molecule has 6 nitrogen and oxygen atoms in total. The van der Waals surface area contributed by atoms with E-state index in [1.165, 1.54) is 0 Å². The molecule has 2 aromatic carbocycles. The zero-order valence-electron chi connectivity index (χ0n) is 14.9. The Morgan fingerprint density at radius 2 is 2.08 bits per heavy atom. The summed E-state index contributed by atoms with van der Waals surface area (Å²) >= 11 is 0. The van der Waals surface area contributed by atoms with Gasteiger partial charge in [-0.15, -0.1) is 0 Å². The number of ether oxygens (including phenoxy) is 2. The van der Waals surface area contributed by atoms with Crippen molar-refractivity contribution < 1.29 is 14.3 Å². The van der Waals surface area contributed by atoms with Crippen molar-refractivity contribution in [3.05, 3.63) is 48.0 Å². The van der Waals surface area contributed by atoms with Crippen LogP contribution >= 0.6 is 0 Å². The molecule has 1 aromatic heterocycles. The summed E-state index contributed by atoms with van der Waals surface area (Å²) in [5.41, 5.74) is 3.70. The second kappa shape index (κ2) is 7.19. The molecule has 1 amide bonds. The smallest absolute Gasteiger partial charge is 0.411 e. The molecule has 0 unspecified atom stereocenters. The van der Waals surface area contributed by atoms with Gasteiger partial charge in [-0.05, 0) is 31.2 Å². The summed E-state index contributed by atoms with van der Waals surface area (Å²) in [7, 11) is 3.52. The average molecular weight is 349 g/mol. The molecule has 0 aliphatic carbocycles. The molecule has 26 heavy (non-hydrogen) atoms. The summed E-state index contributed by atoms with van der Waals surface area (Å²) < 4.78 is 12.2.